The molecule has 4 rings (SSSR count). The summed E-state index contributed by atoms with van der Waals surface area (Å²) in [5, 5.41) is 5.94. The van der Waals surface area contributed by atoms with E-state index >= 15 is 0 Å². The van der Waals surface area contributed by atoms with E-state index in [2.05, 4.69) is 40.5 Å². The van der Waals surface area contributed by atoms with Crippen molar-refractivity contribution in [1.82, 2.24) is 29.9 Å². The Kier molecular flexibility index (Phi) is 4.47. The van der Waals surface area contributed by atoms with Crippen molar-refractivity contribution in [2.75, 3.05) is 10.6 Å². The number of aromatic nitrogens is 6. The van der Waals surface area contributed by atoms with Crippen molar-refractivity contribution in [2.24, 2.45) is 0 Å². The summed E-state index contributed by atoms with van der Waals surface area (Å²) in [6.45, 7) is 0.139. The molecule has 0 saturated carbocycles. The molecule has 0 radical (unpaired) electrons. The van der Waals surface area contributed by atoms with Gasteiger partial charge in [-0.1, -0.05) is 12.1 Å². The van der Waals surface area contributed by atoms with Gasteiger partial charge in [0.1, 0.15) is 5.52 Å². The largest absolute Gasteiger partial charge is 0.416 e. The number of hydrogen-bond acceptors (Lipinski definition) is 7. The van der Waals surface area contributed by atoms with Gasteiger partial charge in [0.15, 0.2) is 17.3 Å². The van der Waals surface area contributed by atoms with Crippen molar-refractivity contribution in [2.45, 2.75) is 12.7 Å². The Labute approximate surface area is 156 Å². The summed E-state index contributed by atoms with van der Waals surface area (Å²) in [6, 6.07) is 5.10. The maximum atomic E-state index is 12.9. The van der Waals surface area contributed by atoms with Gasteiger partial charge >= 0.3 is 6.18 Å². The molecule has 142 valence electrons. The van der Waals surface area contributed by atoms with Crippen LogP contribution in [-0.4, -0.2) is 29.9 Å². The number of aromatic amines is 1. The Hall–Kier alpha value is -3.76. The van der Waals surface area contributed by atoms with Gasteiger partial charge in [0.25, 0.3) is 0 Å². The SMILES string of the molecule is FC(F)(F)c1cccc(CNc2nc(Nc3cnccn3)nc3nc[nH]c23)c1. The average Bonchev–Trinajstić information content (AvgIpc) is 3.15. The van der Waals surface area contributed by atoms with Crippen LogP contribution in [0.4, 0.5) is 30.8 Å². The number of nitrogens with one attached hydrogen (secondary N) is 3. The van der Waals surface area contributed by atoms with Gasteiger partial charge in [0.2, 0.25) is 5.95 Å². The first kappa shape index (κ1) is 17.6. The van der Waals surface area contributed by atoms with Gasteiger partial charge in [-0.3, -0.25) is 4.98 Å². The number of alkyl halides is 3. The summed E-state index contributed by atoms with van der Waals surface area (Å²) < 4.78 is 38.7. The van der Waals surface area contributed by atoms with Crippen LogP contribution in [-0.2, 0) is 12.7 Å². The summed E-state index contributed by atoms with van der Waals surface area (Å²) >= 11 is 0. The van der Waals surface area contributed by atoms with Gasteiger partial charge in [-0.25, -0.2) is 9.97 Å². The van der Waals surface area contributed by atoms with E-state index in [1.165, 1.54) is 31.0 Å². The number of nitrogens with zero attached hydrogens (tertiary/aromatic N) is 5. The molecule has 8 nitrogen and oxygen atoms in total. The minimum Gasteiger partial charge on any atom is -0.364 e. The molecule has 1 aromatic carbocycles. The zero-order valence-corrected chi connectivity index (χ0v) is 14.2. The van der Waals surface area contributed by atoms with Crippen molar-refractivity contribution >= 4 is 28.7 Å². The number of rotatable bonds is 5. The third-order valence-corrected chi connectivity index (χ3v) is 3.80. The monoisotopic (exact) mass is 386 g/mol. The molecule has 11 heteroatoms. The Morgan fingerprint density at radius 3 is 2.75 bits per heavy atom. The number of imidazole rings is 1. The lowest BCUT2D eigenvalue weighted by Gasteiger charge is -2.11. The van der Waals surface area contributed by atoms with E-state index in [4.69, 9.17) is 0 Å². The number of anilines is 3. The van der Waals surface area contributed by atoms with Crippen molar-refractivity contribution in [1.29, 1.82) is 0 Å². The molecule has 0 saturated heterocycles. The number of fused-ring (bicyclic) bond motifs is 1. The summed E-state index contributed by atoms with van der Waals surface area (Å²) in [5.74, 6) is 1.07. The van der Waals surface area contributed by atoms with Crippen LogP contribution in [0.5, 0.6) is 0 Å². The van der Waals surface area contributed by atoms with Gasteiger partial charge in [0.05, 0.1) is 18.1 Å². The van der Waals surface area contributed by atoms with E-state index in [0.29, 0.717) is 28.4 Å². The molecule has 0 fully saturated rings. The molecule has 0 bridgehead atoms. The number of halogens is 3. The van der Waals surface area contributed by atoms with Crippen molar-refractivity contribution in [3.05, 3.63) is 60.3 Å². The molecule has 4 aromatic rings. The standard InChI is InChI=1S/C17H13F3N8/c18-17(19,20)11-3-1-2-10(6-11)7-23-14-13-15(25-9-24-13)28-16(27-14)26-12-8-21-4-5-22-12/h1-6,8-9H,7H2,(H3,22,23,24,25,26,27,28). The fraction of sp³-hybridized carbons (Fsp3) is 0.118. The van der Waals surface area contributed by atoms with Gasteiger partial charge in [-0.05, 0) is 17.7 Å². The Morgan fingerprint density at radius 1 is 1.07 bits per heavy atom. The van der Waals surface area contributed by atoms with Crippen molar-refractivity contribution in [3.8, 4) is 0 Å². The number of hydrogen-bond donors (Lipinski definition) is 3. The molecular weight excluding hydrogens is 373 g/mol. The lowest BCUT2D eigenvalue weighted by Crippen LogP contribution is -2.08. The molecular formula is C17H13F3N8. The minimum absolute atomic E-state index is 0.139. The highest BCUT2D eigenvalue weighted by Crippen LogP contribution is 2.30. The van der Waals surface area contributed by atoms with E-state index in [-0.39, 0.29) is 12.5 Å². The van der Waals surface area contributed by atoms with Gasteiger partial charge in [0, 0.05) is 18.9 Å². The van der Waals surface area contributed by atoms with Crippen LogP contribution in [0.15, 0.2) is 49.2 Å². The number of H-pyrrole nitrogens is 1. The summed E-state index contributed by atoms with van der Waals surface area (Å²) in [4.78, 5) is 23.7. The van der Waals surface area contributed by atoms with Crippen LogP contribution in [0.3, 0.4) is 0 Å². The predicted octanol–water partition coefficient (Wildman–Crippen LogP) is 3.52. The maximum Gasteiger partial charge on any atom is 0.416 e. The topological polar surface area (TPSA) is 104 Å². The maximum absolute atomic E-state index is 12.9. The fourth-order valence-corrected chi connectivity index (χ4v) is 2.54. The van der Waals surface area contributed by atoms with Crippen molar-refractivity contribution < 1.29 is 13.2 Å². The predicted molar refractivity (Wildman–Crippen MR) is 95.8 cm³/mol. The summed E-state index contributed by atoms with van der Waals surface area (Å²) in [6.07, 6.45) is 1.62. The van der Waals surface area contributed by atoms with Gasteiger partial charge < -0.3 is 15.6 Å². The Morgan fingerprint density at radius 2 is 1.96 bits per heavy atom. The third kappa shape index (κ3) is 3.82. The van der Waals surface area contributed by atoms with E-state index < -0.39 is 11.7 Å². The number of benzene rings is 1. The molecule has 3 heterocycles. The molecule has 3 N–H and O–H groups in total. The third-order valence-electron chi connectivity index (χ3n) is 3.80. The zero-order valence-electron chi connectivity index (χ0n) is 14.2. The van der Waals surface area contributed by atoms with Crippen LogP contribution >= 0.6 is 0 Å². The lowest BCUT2D eigenvalue weighted by atomic mass is 10.1. The van der Waals surface area contributed by atoms with Crippen LogP contribution in [0.2, 0.25) is 0 Å². The minimum atomic E-state index is -4.39. The zero-order chi connectivity index (χ0) is 19.6. The lowest BCUT2D eigenvalue weighted by molar-refractivity contribution is -0.137. The average molecular weight is 386 g/mol. The van der Waals surface area contributed by atoms with E-state index in [1.807, 2.05) is 0 Å². The van der Waals surface area contributed by atoms with E-state index in [9.17, 15) is 13.2 Å². The Bertz CT molecular complexity index is 1090. The van der Waals surface area contributed by atoms with E-state index in [0.717, 1.165) is 12.1 Å². The fourth-order valence-electron chi connectivity index (χ4n) is 2.54. The molecule has 0 atom stereocenters. The highest BCUT2D eigenvalue weighted by atomic mass is 19.4. The van der Waals surface area contributed by atoms with Crippen LogP contribution < -0.4 is 10.6 Å². The molecule has 28 heavy (non-hydrogen) atoms. The van der Waals surface area contributed by atoms with Crippen LogP contribution in [0.1, 0.15) is 11.1 Å². The normalized spacial score (nSPS) is 11.5. The molecule has 3 aromatic heterocycles. The van der Waals surface area contributed by atoms with Crippen LogP contribution in [0.25, 0.3) is 11.2 Å². The smallest absolute Gasteiger partial charge is 0.364 e. The molecule has 0 aliphatic carbocycles. The second-order valence-corrected chi connectivity index (χ2v) is 5.76. The van der Waals surface area contributed by atoms with Gasteiger partial charge in [-0.15, -0.1) is 0 Å². The Balaban J connectivity index is 1.59. The quantitative estimate of drug-likeness (QED) is 0.482. The highest BCUT2D eigenvalue weighted by molar-refractivity contribution is 5.84. The highest BCUT2D eigenvalue weighted by Gasteiger charge is 2.30. The first-order chi connectivity index (χ1) is 13.5. The second-order valence-electron chi connectivity index (χ2n) is 5.76. The molecule has 0 aliphatic rings. The second kappa shape index (κ2) is 7.10. The molecule has 0 spiro atoms. The van der Waals surface area contributed by atoms with E-state index in [1.54, 1.807) is 6.07 Å². The van der Waals surface area contributed by atoms with Gasteiger partial charge in [-0.2, -0.15) is 23.1 Å². The first-order valence-corrected chi connectivity index (χ1v) is 8.13. The van der Waals surface area contributed by atoms with Crippen LogP contribution in [0, 0.1) is 0 Å². The first-order valence-electron chi connectivity index (χ1n) is 8.13. The molecule has 0 amide bonds. The summed E-state index contributed by atoms with van der Waals surface area (Å²) in [5.41, 5.74) is 0.695. The molecule has 0 aliphatic heterocycles. The van der Waals surface area contributed by atoms with Crippen molar-refractivity contribution in [3.63, 3.8) is 0 Å². The molecule has 0 unspecified atom stereocenters. The summed E-state index contributed by atoms with van der Waals surface area (Å²) in [7, 11) is 0.